The molecule has 3 heteroatoms. The van der Waals surface area contributed by atoms with Crippen molar-refractivity contribution >= 4 is 5.91 Å². The molecule has 0 radical (unpaired) electrons. The third kappa shape index (κ3) is 1.70. The van der Waals surface area contributed by atoms with Crippen molar-refractivity contribution in [3.63, 3.8) is 0 Å². The smallest absolute Gasteiger partial charge is 0.226 e. The lowest BCUT2D eigenvalue weighted by atomic mass is 10.3. The lowest BCUT2D eigenvalue weighted by molar-refractivity contribution is -0.131. The van der Waals surface area contributed by atoms with Gasteiger partial charge < -0.3 is 10.2 Å². The van der Waals surface area contributed by atoms with Crippen molar-refractivity contribution in [2.45, 2.75) is 25.8 Å². The fourth-order valence-corrected chi connectivity index (χ4v) is 2.10. The summed E-state index contributed by atoms with van der Waals surface area (Å²) in [5, 5.41) is 3.23. The molecule has 2 rings (SSSR count). The summed E-state index contributed by atoms with van der Waals surface area (Å²) in [4.78, 5) is 13.8. The minimum atomic E-state index is 0.357. The number of carbonyl (C=O) groups excluding carboxylic acids is 1. The minimum Gasteiger partial charge on any atom is -0.341 e. The molecule has 3 atom stereocenters. The molecule has 1 saturated carbocycles. The van der Waals surface area contributed by atoms with Gasteiger partial charge in [0, 0.05) is 25.0 Å². The maximum atomic E-state index is 11.8. The van der Waals surface area contributed by atoms with Gasteiger partial charge >= 0.3 is 0 Å². The number of nitrogens with zero attached hydrogens (tertiary/aromatic N) is 1. The van der Waals surface area contributed by atoms with Gasteiger partial charge in [-0.15, -0.1) is 0 Å². The van der Waals surface area contributed by atoms with Gasteiger partial charge in [0.25, 0.3) is 0 Å². The molecule has 3 unspecified atom stereocenters. The van der Waals surface area contributed by atoms with E-state index in [1.54, 1.807) is 0 Å². The van der Waals surface area contributed by atoms with E-state index >= 15 is 0 Å². The second kappa shape index (κ2) is 3.29. The fourth-order valence-electron chi connectivity index (χ4n) is 2.10. The van der Waals surface area contributed by atoms with Crippen molar-refractivity contribution < 1.29 is 4.79 Å². The van der Waals surface area contributed by atoms with Crippen LogP contribution in [0.5, 0.6) is 0 Å². The van der Waals surface area contributed by atoms with Crippen LogP contribution in [-0.4, -0.2) is 37.0 Å². The van der Waals surface area contributed by atoms with E-state index in [2.05, 4.69) is 12.2 Å². The first kappa shape index (κ1) is 9.00. The number of hydrogen-bond donors (Lipinski definition) is 1. The molecule has 74 valence electrons. The monoisotopic (exact) mass is 182 g/mol. The predicted molar refractivity (Wildman–Crippen MR) is 51.3 cm³/mol. The number of hydrogen-bond acceptors (Lipinski definition) is 2. The third-order valence-corrected chi connectivity index (χ3v) is 3.33. The summed E-state index contributed by atoms with van der Waals surface area (Å²) in [6, 6.07) is 0.526. The number of likely N-dealkylation sites (tertiary alicyclic amines) is 1. The van der Waals surface area contributed by atoms with Crippen LogP contribution in [0.25, 0.3) is 0 Å². The topological polar surface area (TPSA) is 32.3 Å². The molecule has 0 aromatic heterocycles. The molecule has 0 aromatic rings. The average Bonchev–Trinajstić information content (AvgIpc) is 2.70. The van der Waals surface area contributed by atoms with Crippen LogP contribution in [0.2, 0.25) is 0 Å². The summed E-state index contributed by atoms with van der Waals surface area (Å²) in [5.41, 5.74) is 0. The van der Waals surface area contributed by atoms with Crippen LogP contribution in [0.15, 0.2) is 0 Å². The van der Waals surface area contributed by atoms with Gasteiger partial charge in [0.15, 0.2) is 0 Å². The van der Waals surface area contributed by atoms with E-state index in [-0.39, 0.29) is 0 Å². The molecule has 13 heavy (non-hydrogen) atoms. The largest absolute Gasteiger partial charge is 0.341 e. The van der Waals surface area contributed by atoms with Crippen molar-refractivity contribution in [1.82, 2.24) is 10.2 Å². The molecule has 1 saturated heterocycles. The molecule has 1 heterocycles. The quantitative estimate of drug-likeness (QED) is 0.673. The highest BCUT2D eigenvalue weighted by Gasteiger charge is 2.42. The van der Waals surface area contributed by atoms with Gasteiger partial charge in [-0.2, -0.15) is 0 Å². The van der Waals surface area contributed by atoms with E-state index in [0.717, 1.165) is 25.9 Å². The predicted octanol–water partition coefficient (Wildman–Crippen LogP) is 0.463. The number of amides is 1. The van der Waals surface area contributed by atoms with E-state index in [9.17, 15) is 4.79 Å². The molecule has 2 aliphatic rings. The minimum absolute atomic E-state index is 0.357. The summed E-state index contributed by atoms with van der Waals surface area (Å²) in [6.07, 6.45) is 2.23. The van der Waals surface area contributed by atoms with Gasteiger partial charge in [-0.3, -0.25) is 4.79 Å². The van der Waals surface area contributed by atoms with Gasteiger partial charge in [-0.25, -0.2) is 0 Å². The second-order valence-corrected chi connectivity index (χ2v) is 4.38. The number of likely N-dealkylation sites (N-methyl/N-ethyl adjacent to an activating group) is 1. The Morgan fingerprint density at radius 3 is 2.69 bits per heavy atom. The summed E-state index contributed by atoms with van der Waals surface area (Å²) in [7, 11) is 1.97. The van der Waals surface area contributed by atoms with E-state index in [1.165, 1.54) is 0 Å². The highest BCUT2D eigenvalue weighted by Crippen LogP contribution is 2.39. The highest BCUT2D eigenvalue weighted by atomic mass is 16.2. The third-order valence-electron chi connectivity index (χ3n) is 3.33. The average molecular weight is 182 g/mol. The Morgan fingerprint density at radius 2 is 2.23 bits per heavy atom. The second-order valence-electron chi connectivity index (χ2n) is 4.38. The molecule has 2 fully saturated rings. The van der Waals surface area contributed by atoms with Crippen LogP contribution in [0.1, 0.15) is 19.8 Å². The number of nitrogens with one attached hydrogen (secondary N) is 1. The van der Waals surface area contributed by atoms with Gasteiger partial charge in [0.2, 0.25) is 5.91 Å². The van der Waals surface area contributed by atoms with Crippen molar-refractivity contribution in [2.75, 3.05) is 20.1 Å². The summed E-state index contributed by atoms with van der Waals surface area (Å²) < 4.78 is 0. The zero-order valence-electron chi connectivity index (χ0n) is 8.42. The lowest BCUT2D eigenvalue weighted by Gasteiger charge is -2.16. The standard InChI is InChI=1S/C10H18N2O/c1-7-5-9(7)10(13)12-4-3-8(6-12)11-2/h7-9,11H,3-6H2,1-2H3. The first-order chi connectivity index (χ1) is 6.22. The van der Waals surface area contributed by atoms with E-state index in [0.29, 0.717) is 23.8 Å². The molecule has 0 spiro atoms. The SMILES string of the molecule is CNC1CCN(C(=O)C2CC2C)C1. The molecule has 0 aromatic carbocycles. The van der Waals surface area contributed by atoms with Crippen molar-refractivity contribution in [3.05, 3.63) is 0 Å². The molecule has 3 nitrogen and oxygen atoms in total. The summed E-state index contributed by atoms with van der Waals surface area (Å²) >= 11 is 0. The number of carbonyl (C=O) groups is 1. The maximum absolute atomic E-state index is 11.8. The Balaban J connectivity index is 1.85. The van der Waals surface area contributed by atoms with Gasteiger partial charge in [-0.1, -0.05) is 6.92 Å². The Bertz CT molecular complexity index is 217. The first-order valence-electron chi connectivity index (χ1n) is 5.18. The van der Waals surface area contributed by atoms with Crippen LogP contribution in [0.4, 0.5) is 0 Å². The van der Waals surface area contributed by atoms with Crippen LogP contribution >= 0.6 is 0 Å². The molecule has 1 amide bonds. The summed E-state index contributed by atoms with van der Waals surface area (Å²) in [6.45, 7) is 4.03. The van der Waals surface area contributed by atoms with E-state index < -0.39 is 0 Å². The molecule has 0 bridgehead atoms. The zero-order valence-corrected chi connectivity index (χ0v) is 8.42. The Morgan fingerprint density at radius 1 is 1.54 bits per heavy atom. The van der Waals surface area contributed by atoms with E-state index in [1.807, 2.05) is 11.9 Å². The van der Waals surface area contributed by atoms with Gasteiger partial charge in [0.05, 0.1) is 0 Å². The van der Waals surface area contributed by atoms with Gasteiger partial charge in [0.1, 0.15) is 0 Å². The van der Waals surface area contributed by atoms with Crippen LogP contribution in [-0.2, 0) is 4.79 Å². The molecular formula is C10H18N2O. The highest BCUT2D eigenvalue weighted by molar-refractivity contribution is 5.81. The Hall–Kier alpha value is -0.570. The van der Waals surface area contributed by atoms with Crippen molar-refractivity contribution in [3.8, 4) is 0 Å². The molecular weight excluding hydrogens is 164 g/mol. The van der Waals surface area contributed by atoms with Crippen LogP contribution in [0.3, 0.4) is 0 Å². The van der Waals surface area contributed by atoms with Crippen molar-refractivity contribution in [2.24, 2.45) is 11.8 Å². The Kier molecular flexibility index (Phi) is 2.28. The maximum Gasteiger partial charge on any atom is 0.226 e. The van der Waals surface area contributed by atoms with Crippen LogP contribution < -0.4 is 5.32 Å². The first-order valence-corrected chi connectivity index (χ1v) is 5.18. The Labute approximate surface area is 79.5 Å². The van der Waals surface area contributed by atoms with Gasteiger partial charge in [-0.05, 0) is 25.8 Å². The molecule has 1 N–H and O–H groups in total. The van der Waals surface area contributed by atoms with Crippen LogP contribution in [0, 0.1) is 11.8 Å². The molecule has 1 aliphatic heterocycles. The molecule has 1 aliphatic carbocycles. The zero-order chi connectivity index (χ0) is 9.42. The lowest BCUT2D eigenvalue weighted by Crippen LogP contribution is -2.34. The normalized spacial score (nSPS) is 38.0. The van der Waals surface area contributed by atoms with E-state index in [4.69, 9.17) is 0 Å². The van der Waals surface area contributed by atoms with Crippen molar-refractivity contribution in [1.29, 1.82) is 0 Å². The number of rotatable bonds is 2. The fraction of sp³-hybridized carbons (Fsp3) is 0.900. The summed E-state index contributed by atoms with van der Waals surface area (Å²) in [5.74, 6) is 1.39.